The quantitative estimate of drug-likeness (QED) is 0.479. The minimum Gasteiger partial charge on any atom is -0.481 e. The molecule has 0 bridgehead atoms. The van der Waals surface area contributed by atoms with Crippen LogP contribution in [0.1, 0.15) is 24.8 Å². The maximum absolute atomic E-state index is 5.82. The van der Waals surface area contributed by atoms with Gasteiger partial charge in [0.25, 0.3) is 0 Å². The number of nitrogens with one attached hydrogen (secondary N) is 1. The molecule has 4 heteroatoms. The van der Waals surface area contributed by atoms with E-state index in [0.29, 0.717) is 18.5 Å². The highest BCUT2D eigenvalue weighted by Gasteiger charge is 2.16. The summed E-state index contributed by atoms with van der Waals surface area (Å²) in [5.41, 5.74) is 6.91. The van der Waals surface area contributed by atoms with Crippen LogP contribution in [-0.4, -0.2) is 18.6 Å². The summed E-state index contributed by atoms with van der Waals surface area (Å²) in [6.45, 7) is 0.858. The smallest absolute Gasteiger partial charge is 0.189 e. The minimum absolute atomic E-state index is 0.287. The SMILES string of the molecule is C#CCOc1ccc(CN=C(N)NC2CCC2)cc1. The van der Waals surface area contributed by atoms with Gasteiger partial charge in [-0.25, -0.2) is 4.99 Å². The number of benzene rings is 1. The summed E-state index contributed by atoms with van der Waals surface area (Å²) in [5.74, 6) is 3.73. The first-order valence-electron chi connectivity index (χ1n) is 6.49. The summed E-state index contributed by atoms with van der Waals surface area (Å²) in [6.07, 6.45) is 8.80. The summed E-state index contributed by atoms with van der Waals surface area (Å²) < 4.78 is 5.30. The molecule has 1 aromatic carbocycles. The highest BCUT2D eigenvalue weighted by atomic mass is 16.5. The number of nitrogens with two attached hydrogens (primary N) is 1. The van der Waals surface area contributed by atoms with Crippen LogP contribution in [0, 0.1) is 12.3 Å². The number of aliphatic imine (C=N–C) groups is 1. The molecule has 1 aliphatic rings. The highest BCUT2D eigenvalue weighted by molar-refractivity contribution is 5.78. The lowest BCUT2D eigenvalue weighted by molar-refractivity contribution is 0.370. The van der Waals surface area contributed by atoms with Gasteiger partial charge in [-0.05, 0) is 37.0 Å². The summed E-state index contributed by atoms with van der Waals surface area (Å²) in [6, 6.07) is 8.22. The molecule has 100 valence electrons. The van der Waals surface area contributed by atoms with Crippen molar-refractivity contribution in [2.24, 2.45) is 10.7 Å². The van der Waals surface area contributed by atoms with Gasteiger partial charge in [0, 0.05) is 6.04 Å². The van der Waals surface area contributed by atoms with E-state index < -0.39 is 0 Å². The van der Waals surface area contributed by atoms with Crippen molar-refractivity contribution in [2.45, 2.75) is 31.8 Å². The Morgan fingerprint density at radius 1 is 1.42 bits per heavy atom. The standard InChI is InChI=1S/C15H19N3O/c1-2-10-19-14-8-6-12(7-9-14)11-17-15(16)18-13-4-3-5-13/h1,6-9,13H,3-5,10-11H2,(H3,16,17,18). The van der Waals surface area contributed by atoms with Gasteiger partial charge < -0.3 is 15.8 Å². The van der Waals surface area contributed by atoms with Crippen LogP contribution in [0.2, 0.25) is 0 Å². The van der Waals surface area contributed by atoms with Crippen molar-refractivity contribution in [1.82, 2.24) is 5.32 Å². The van der Waals surface area contributed by atoms with Crippen LogP contribution in [0.4, 0.5) is 0 Å². The topological polar surface area (TPSA) is 59.6 Å². The Morgan fingerprint density at radius 2 is 2.16 bits per heavy atom. The lowest BCUT2D eigenvalue weighted by atomic mass is 9.93. The molecule has 4 nitrogen and oxygen atoms in total. The van der Waals surface area contributed by atoms with E-state index in [1.54, 1.807) is 0 Å². The molecule has 0 spiro atoms. The molecule has 0 unspecified atom stereocenters. The molecule has 1 saturated carbocycles. The lowest BCUT2D eigenvalue weighted by Crippen LogP contribution is -2.43. The van der Waals surface area contributed by atoms with Gasteiger partial charge in [0.1, 0.15) is 12.4 Å². The predicted octanol–water partition coefficient (Wildman–Crippen LogP) is 1.66. The Balaban J connectivity index is 1.81. The second-order valence-electron chi connectivity index (χ2n) is 4.61. The van der Waals surface area contributed by atoms with Gasteiger partial charge in [0.05, 0.1) is 6.54 Å². The Hall–Kier alpha value is -2.15. The summed E-state index contributed by atoms with van der Waals surface area (Å²) >= 11 is 0. The van der Waals surface area contributed by atoms with Crippen molar-refractivity contribution in [3.05, 3.63) is 29.8 Å². The molecule has 0 saturated heterocycles. The molecule has 3 N–H and O–H groups in total. The van der Waals surface area contributed by atoms with Gasteiger partial charge in [-0.15, -0.1) is 6.42 Å². The number of ether oxygens (including phenoxy) is 1. The van der Waals surface area contributed by atoms with Crippen LogP contribution in [0.3, 0.4) is 0 Å². The summed E-state index contributed by atoms with van der Waals surface area (Å²) in [5, 5.41) is 3.21. The minimum atomic E-state index is 0.287. The molecule has 0 amide bonds. The summed E-state index contributed by atoms with van der Waals surface area (Å²) in [7, 11) is 0. The maximum atomic E-state index is 5.82. The number of hydrogen-bond donors (Lipinski definition) is 2. The van der Waals surface area contributed by atoms with Crippen LogP contribution in [-0.2, 0) is 6.54 Å². The van der Waals surface area contributed by atoms with E-state index in [1.165, 1.54) is 19.3 Å². The van der Waals surface area contributed by atoms with Crippen LogP contribution in [0.25, 0.3) is 0 Å². The van der Waals surface area contributed by atoms with Crippen LogP contribution >= 0.6 is 0 Å². The molecule has 1 aromatic rings. The fourth-order valence-electron chi connectivity index (χ4n) is 1.80. The zero-order valence-corrected chi connectivity index (χ0v) is 10.9. The van der Waals surface area contributed by atoms with E-state index in [1.807, 2.05) is 24.3 Å². The fraction of sp³-hybridized carbons (Fsp3) is 0.400. The first-order chi connectivity index (χ1) is 9.28. The van der Waals surface area contributed by atoms with Crippen LogP contribution in [0.5, 0.6) is 5.75 Å². The van der Waals surface area contributed by atoms with Crippen molar-refractivity contribution in [3.63, 3.8) is 0 Å². The van der Waals surface area contributed by atoms with Gasteiger partial charge in [-0.2, -0.15) is 0 Å². The van der Waals surface area contributed by atoms with Crippen molar-refractivity contribution in [2.75, 3.05) is 6.61 Å². The second-order valence-corrected chi connectivity index (χ2v) is 4.61. The van der Waals surface area contributed by atoms with E-state index in [2.05, 4.69) is 16.2 Å². The monoisotopic (exact) mass is 257 g/mol. The average Bonchev–Trinajstić information content (AvgIpc) is 2.39. The molecule has 1 aliphatic carbocycles. The molecular weight excluding hydrogens is 238 g/mol. The number of hydrogen-bond acceptors (Lipinski definition) is 2. The molecule has 2 rings (SSSR count). The van der Waals surface area contributed by atoms with Crippen molar-refractivity contribution < 1.29 is 4.74 Å². The van der Waals surface area contributed by atoms with Gasteiger partial charge in [-0.3, -0.25) is 0 Å². The Kier molecular flexibility index (Phi) is 4.68. The Morgan fingerprint density at radius 3 is 2.74 bits per heavy atom. The lowest BCUT2D eigenvalue weighted by Gasteiger charge is -2.26. The summed E-state index contributed by atoms with van der Waals surface area (Å²) in [4.78, 5) is 4.32. The van der Waals surface area contributed by atoms with Gasteiger partial charge in [-0.1, -0.05) is 18.1 Å². The van der Waals surface area contributed by atoms with Gasteiger partial charge in [0.2, 0.25) is 0 Å². The largest absolute Gasteiger partial charge is 0.481 e. The fourth-order valence-corrected chi connectivity index (χ4v) is 1.80. The van der Waals surface area contributed by atoms with E-state index in [-0.39, 0.29) is 6.61 Å². The number of rotatable bonds is 5. The number of terminal acetylenes is 1. The molecule has 0 aliphatic heterocycles. The number of nitrogens with zero attached hydrogens (tertiary/aromatic N) is 1. The average molecular weight is 257 g/mol. The third-order valence-corrected chi connectivity index (χ3v) is 3.13. The third-order valence-electron chi connectivity index (χ3n) is 3.13. The zero-order chi connectivity index (χ0) is 13.5. The number of guanidine groups is 1. The molecule has 0 aromatic heterocycles. The maximum Gasteiger partial charge on any atom is 0.189 e. The zero-order valence-electron chi connectivity index (χ0n) is 10.9. The van der Waals surface area contributed by atoms with Crippen LogP contribution in [0.15, 0.2) is 29.3 Å². The first-order valence-corrected chi connectivity index (χ1v) is 6.49. The van der Waals surface area contributed by atoms with E-state index >= 15 is 0 Å². The Bertz CT molecular complexity index is 469. The van der Waals surface area contributed by atoms with Crippen molar-refractivity contribution in [3.8, 4) is 18.1 Å². The molecule has 1 fully saturated rings. The predicted molar refractivity (Wildman–Crippen MR) is 76.9 cm³/mol. The van der Waals surface area contributed by atoms with E-state index in [4.69, 9.17) is 16.9 Å². The Labute approximate surface area is 114 Å². The molecule has 0 atom stereocenters. The van der Waals surface area contributed by atoms with Crippen molar-refractivity contribution in [1.29, 1.82) is 0 Å². The molecule has 0 radical (unpaired) electrons. The molecule has 19 heavy (non-hydrogen) atoms. The van der Waals surface area contributed by atoms with Gasteiger partial charge >= 0.3 is 0 Å². The highest BCUT2D eigenvalue weighted by Crippen LogP contribution is 2.17. The van der Waals surface area contributed by atoms with E-state index in [9.17, 15) is 0 Å². The second kappa shape index (κ2) is 6.69. The molecule has 0 heterocycles. The van der Waals surface area contributed by atoms with Crippen LogP contribution < -0.4 is 15.8 Å². The normalized spacial score (nSPS) is 15.4. The first kappa shape index (κ1) is 13.3. The van der Waals surface area contributed by atoms with Gasteiger partial charge in [0.15, 0.2) is 5.96 Å². The third kappa shape index (κ3) is 4.22. The molecular formula is C15H19N3O. The van der Waals surface area contributed by atoms with Crippen molar-refractivity contribution >= 4 is 5.96 Å². The van der Waals surface area contributed by atoms with E-state index in [0.717, 1.165) is 11.3 Å².